The number of rotatable bonds is 6. The van der Waals surface area contributed by atoms with Gasteiger partial charge in [-0.2, -0.15) is 0 Å². The van der Waals surface area contributed by atoms with Gasteiger partial charge in [-0.05, 0) is 36.8 Å². The van der Waals surface area contributed by atoms with Crippen molar-refractivity contribution in [3.05, 3.63) is 95.6 Å². The van der Waals surface area contributed by atoms with E-state index >= 15 is 0 Å². The molecule has 0 bridgehead atoms. The first-order valence-electron chi connectivity index (χ1n) is 8.84. The summed E-state index contributed by atoms with van der Waals surface area (Å²) in [7, 11) is -4.38. The van der Waals surface area contributed by atoms with Crippen LogP contribution in [0.4, 0.5) is 0 Å². The van der Waals surface area contributed by atoms with Crippen molar-refractivity contribution in [2.75, 3.05) is 6.26 Å². The van der Waals surface area contributed by atoms with Crippen LogP contribution in [-0.4, -0.2) is 24.3 Å². The van der Waals surface area contributed by atoms with Gasteiger partial charge in [-0.1, -0.05) is 60.2 Å². The van der Waals surface area contributed by atoms with Crippen LogP contribution in [0, 0.1) is 6.92 Å². The van der Waals surface area contributed by atoms with Crippen molar-refractivity contribution in [1.82, 2.24) is 0 Å². The molecule has 0 spiro atoms. The summed E-state index contributed by atoms with van der Waals surface area (Å²) in [6, 6.07) is 24.8. The third kappa shape index (κ3) is 9.15. The number of phenolic OH excluding ortho intramolecular Hbond substituents is 1. The number of aromatic hydroxyl groups is 1. The van der Waals surface area contributed by atoms with E-state index in [-0.39, 0.29) is 17.5 Å². The van der Waals surface area contributed by atoms with Crippen molar-refractivity contribution in [2.45, 2.75) is 24.2 Å². The molecule has 5 nitrogen and oxygen atoms in total. The van der Waals surface area contributed by atoms with Gasteiger partial charge in [0.05, 0.1) is 6.61 Å². The molecule has 3 aromatic rings. The van der Waals surface area contributed by atoms with Crippen molar-refractivity contribution < 1.29 is 22.3 Å². The molecule has 0 amide bonds. The van der Waals surface area contributed by atoms with Gasteiger partial charge in [0.2, 0.25) is 10.4 Å². The molecule has 1 N–H and O–H groups in total. The number of hydrogen-bond donors (Lipinski definition) is 1. The second-order valence-electron chi connectivity index (χ2n) is 6.42. The third-order valence-electron chi connectivity index (χ3n) is 3.96. The Hall–Kier alpha value is -2.32. The minimum atomic E-state index is -4.57. The molecule has 0 heterocycles. The van der Waals surface area contributed by atoms with Crippen molar-refractivity contribution in [3.63, 3.8) is 0 Å². The first-order valence-corrected chi connectivity index (χ1v) is 12.0. The fourth-order valence-electron chi connectivity index (χ4n) is 2.41. The highest BCUT2D eigenvalue weighted by molar-refractivity contribution is 7.95. The summed E-state index contributed by atoms with van der Waals surface area (Å²) in [6.45, 7) is 1.90. The zero-order valence-corrected chi connectivity index (χ0v) is 17.9. The maximum absolute atomic E-state index is 10.0. The lowest BCUT2D eigenvalue weighted by molar-refractivity contribution is 0.253. The number of phenols is 1. The predicted molar refractivity (Wildman–Crippen MR) is 115 cm³/mol. The Balaban J connectivity index is 0.000000221. The van der Waals surface area contributed by atoms with E-state index in [2.05, 4.69) is 41.6 Å². The van der Waals surface area contributed by atoms with Gasteiger partial charge in [0.1, 0.15) is 17.8 Å². The van der Waals surface area contributed by atoms with Crippen LogP contribution in [0.3, 0.4) is 0 Å². The monoisotopic (exact) mass is 432 g/mol. The van der Waals surface area contributed by atoms with Gasteiger partial charge in [0.25, 0.3) is 0 Å². The highest BCUT2D eigenvalue weighted by Gasteiger charge is 2.15. The molecule has 3 aromatic carbocycles. The molecule has 7 heteroatoms. The molecule has 0 radical (unpaired) electrons. The van der Waals surface area contributed by atoms with Crippen molar-refractivity contribution >= 4 is 21.3 Å². The number of benzene rings is 3. The Morgan fingerprint density at radius 1 is 0.897 bits per heavy atom. The molecule has 154 valence electrons. The lowest BCUT2D eigenvalue weighted by Crippen LogP contribution is -2.03. The molecule has 0 aliphatic carbocycles. The van der Waals surface area contributed by atoms with Crippen LogP contribution >= 0.6 is 0 Å². The molecule has 0 saturated heterocycles. The molecule has 0 aliphatic heterocycles. The Morgan fingerprint density at radius 3 is 2.03 bits per heavy atom. The van der Waals surface area contributed by atoms with Gasteiger partial charge < -0.3 is 9.66 Å². The van der Waals surface area contributed by atoms with Crippen LogP contribution < -0.4 is 0 Å². The molecule has 0 aromatic heterocycles. The molecule has 0 aliphatic rings. The number of hydrogen-bond acceptors (Lipinski definition) is 5. The van der Waals surface area contributed by atoms with E-state index in [1.807, 2.05) is 12.1 Å². The first kappa shape index (κ1) is 23.0. The second kappa shape index (κ2) is 11.0. The Kier molecular flexibility index (Phi) is 8.72. The van der Waals surface area contributed by atoms with E-state index in [1.165, 1.54) is 16.0 Å². The van der Waals surface area contributed by atoms with Crippen LogP contribution in [0.25, 0.3) is 0 Å². The topological polar surface area (TPSA) is 86.7 Å². The quantitative estimate of drug-likeness (QED) is 0.359. The summed E-state index contributed by atoms with van der Waals surface area (Å²) < 4.78 is 34.1. The van der Waals surface area contributed by atoms with Crippen LogP contribution in [0.1, 0.15) is 16.7 Å². The molecule has 1 unspecified atom stereocenters. The first-order chi connectivity index (χ1) is 13.7. The van der Waals surface area contributed by atoms with Gasteiger partial charge in [-0.25, -0.2) is 8.42 Å². The molecular weight excluding hydrogens is 408 g/mol. The highest BCUT2D eigenvalue weighted by atomic mass is 32.3. The minimum absolute atomic E-state index is 0.190. The van der Waals surface area contributed by atoms with Gasteiger partial charge in [-0.15, -0.1) is 0 Å². The summed E-state index contributed by atoms with van der Waals surface area (Å²) in [6.07, 6.45) is 2.24. The normalized spacial score (nSPS) is 12.0. The second-order valence-corrected chi connectivity index (χ2v) is 9.50. The minimum Gasteiger partial charge on any atom is -0.726 e. The van der Waals surface area contributed by atoms with Crippen molar-refractivity contribution in [3.8, 4) is 5.75 Å². The fraction of sp³-hybridized carbons (Fsp3) is 0.182. The Morgan fingerprint density at radius 2 is 1.48 bits per heavy atom. The smallest absolute Gasteiger partial charge is 0.217 e. The molecular formula is C22H24O5S2. The summed E-state index contributed by atoms with van der Waals surface area (Å²) >= 11 is 0. The van der Waals surface area contributed by atoms with Gasteiger partial charge in [0.15, 0.2) is 4.90 Å². The van der Waals surface area contributed by atoms with E-state index < -0.39 is 10.4 Å². The van der Waals surface area contributed by atoms with Gasteiger partial charge in [-0.3, -0.25) is 4.18 Å². The van der Waals surface area contributed by atoms with E-state index in [4.69, 9.17) is 0 Å². The lowest BCUT2D eigenvalue weighted by Gasteiger charge is -2.06. The van der Waals surface area contributed by atoms with Crippen LogP contribution in [0.5, 0.6) is 5.75 Å². The Labute approximate surface area is 175 Å². The summed E-state index contributed by atoms with van der Waals surface area (Å²) in [5.74, 6) is 1.39. The van der Waals surface area contributed by atoms with Gasteiger partial charge in [0, 0.05) is 16.5 Å². The van der Waals surface area contributed by atoms with Crippen molar-refractivity contribution in [2.24, 2.45) is 0 Å². The fourth-order valence-corrected chi connectivity index (χ4v) is 4.15. The summed E-state index contributed by atoms with van der Waals surface area (Å²) in [4.78, 5) is 1.29. The molecule has 0 fully saturated rings. The highest BCUT2D eigenvalue weighted by Crippen LogP contribution is 2.19. The average Bonchev–Trinajstić information content (AvgIpc) is 2.69. The summed E-state index contributed by atoms with van der Waals surface area (Å²) in [5.41, 5.74) is 3.32. The Bertz CT molecular complexity index is 970. The van der Waals surface area contributed by atoms with Crippen LogP contribution in [0.2, 0.25) is 0 Å². The van der Waals surface area contributed by atoms with E-state index in [0.717, 1.165) is 5.75 Å². The maximum atomic E-state index is 10.0. The largest absolute Gasteiger partial charge is 0.726 e. The maximum Gasteiger partial charge on any atom is 0.217 e. The van der Waals surface area contributed by atoms with Crippen molar-refractivity contribution in [1.29, 1.82) is 0 Å². The zero-order valence-electron chi connectivity index (χ0n) is 16.3. The predicted octanol–water partition coefficient (Wildman–Crippen LogP) is 4.17. The van der Waals surface area contributed by atoms with Gasteiger partial charge >= 0.3 is 0 Å². The SMILES string of the molecule is Cc1ccc(C[S+](C)c2ccc(O)cc2)cc1.O=S(=O)([O-])OCc1ccccc1. The zero-order chi connectivity index (χ0) is 21.3. The van der Waals surface area contributed by atoms with Crippen LogP contribution in [-0.2, 0) is 37.8 Å². The lowest BCUT2D eigenvalue weighted by atomic mass is 10.2. The third-order valence-corrected chi connectivity index (χ3v) is 6.21. The van der Waals surface area contributed by atoms with E-state index in [1.54, 1.807) is 42.5 Å². The average molecular weight is 433 g/mol. The molecule has 29 heavy (non-hydrogen) atoms. The molecule has 1 atom stereocenters. The van der Waals surface area contributed by atoms with E-state index in [9.17, 15) is 18.1 Å². The number of aryl methyl sites for hydroxylation is 1. The van der Waals surface area contributed by atoms with E-state index in [0.29, 0.717) is 11.3 Å². The molecule has 3 rings (SSSR count). The summed E-state index contributed by atoms with van der Waals surface area (Å²) in [5, 5.41) is 9.26. The molecule has 0 saturated carbocycles. The van der Waals surface area contributed by atoms with Crippen LogP contribution in [0.15, 0.2) is 83.8 Å². The standard InChI is InChI=1S/C15H16OS.C7H8O4S/c1-12-3-5-13(6-4-12)11-17(2)15-9-7-14(16)8-10-15;8-12(9,10)11-6-7-4-2-1-3-5-7/h3-10H,11H2,1-2H3;1-5H,6H2,(H,8,9,10).